The van der Waals surface area contributed by atoms with Crippen LogP contribution >= 0.6 is 0 Å². The van der Waals surface area contributed by atoms with Crippen LogP contribution in [0.4, 0.5) is 5.69 Å². The first kappa shape index (κ1) is 17.4. The molecule has 6 heteroatoms. The van der Waals surface area contributed by atoms with E-state index >= 15 is 0 Å². The molecule has 0 saturated heterocycles. The van der Waals surface area contributed by atoms with E-state index in [0.717, 1.165) is 24.1 Å². The van der Waals surface area contributed by atoms with Crippen molar-refractivity contribution in [2.75, 3.05) is 18.1 Å². The lowest BCUT2D eigenvalue weighted by atomic mass is 9.96. The van der Waals surface area contributed by atoms with Crippen LogP contribution in [0.5, 0.6) is 11.5 Å². The molecule has 6 nitrogen and oxygen atoms in total. The number of carbonyl (C=O) groups is 2. The molecule has 4 rings (SSSR count). The van der Waals surface area contributed by atoms with Gasteiger partial charge in [0.05, 0.1) is 0 Å². The van der Waals surface area contributed by atoms with Gasteiger partial charge in [0.1, 0.15) is 6.61 Å². The summed E-state index contributed by atoms with van der Waals surface area (Å²) in [5.41, 5.74) is 2.03. The van der Waals surface area contributed by atoms with Crippen LogP contribution in [0.2, 0.25) is 0 Å². The minimum atomic E-state index is -0.876. The molecule has 1 amide bonds. The number of anilines is 1. The molecular formula is C21H21NO5. The van der Waals surface area contributed by atoms with Gasteiger partial charge in [-0.05, 0) is 43.5 Å². The van der Waals surface area contributed by atoms with Gasteiger partial charge in [-0.15, -0.1) is 0 Å². The second-order valence-corrected chi connectivity index (χ2v) is 6.75. The van der Waals surface area contributed by atoms with Crippen molar-refractivity contribution >= 4 is 17.6 Å². The summed E-state index contributed by atoms with van der Waals surface area (Å²) in [6.07, 6.45) is 0.944. The Bertz CT molecular complexity index is 865. The van der Waals surface area contributed by atoms with Crippen molar-refractivity contribution in [1.29, 1.82) is 0 Å². The standard InChI is InChI=1S/C21H21NO5/c1-14-10-11-15-6-2-3-7-16(15)22(14)20(23)13-26-21(24)19-12-25-17-8-4-5-9-18(17)27-19/h2-9,14,19H,10-13H2,1H3. The monoisotopic (exact) mass is 367 g/mol. The van der Waals surface area contributed by atoms with Crippen LogP contribution in [-0.4, -0.2) is 37.2 Å². The minimum Gasteiger partial charge on any atom is -0.485 e. The number of benzene rings is 2. The van der Waals surface area contributed by atoms with Gasteiger partial charge in [-0.25, -0.2) is 4.79 Å². The summed E-state index contributed by atoms with van der Waals surface area (Å²) in [6, 6.07) is 15.0. The Morgan fingerprint density at radius 1 is 1.11 bits per heavy atom. The molecule has 2 unspecified atom stereocenters. The van der Waals surface area contributed by atoms with Gasteiger partial charge in [0, 0.05) is 11.7 Å². The molecule has 0 bridgehead atoms. The van der Waals surface area contributed by atoms with E-state index in [0.29, 0.717) is 11.5 Å². The fourth-order valence-corrected chi connectivity index (χ4v) is 3.50. The molecule has 0 aromatic heterocycles. The Labute approximate surface area is 157 Å². The van der Waals surface area contributed by atoms with Crippen LogP contribution in [0.25, 0.3) is 0 Å². The molecule has 140 valence electrons. The number of fused-ring (bicyclic) bond motifs is 2. The fraction of sp³-hybridized carbons (Fsp3) is 0.333. The molecule has 2 aromatic rings. The van der Waals surface area contributed by atoms with Gasteiger partial charge in [-0.3, -0.25) is 4.79 Å². The molecule has 2 aliphatic rings. The van der Waals surface area contributed by atoms with Crippen molar-refractivity contribution in [3.05, 3.63) is 54.1 Å². The predicted molar refractivity (Wildman–Crippen MR) is 99.0 cm³/mol. The number of amides is 1. The zero-order valence-electron chi connectivity index (χ0n) is 15.1. The molecule has 0 radical (unpaired) electrons. The molecule has 0 N–H and O–H groups in total. The van der Waals surface area contributed by atoms with Gasteiger partial charge in [-0.1, -0.05) is 30.3 Å². The highest BCUT2D eigenvalue weighted by Crippen LogP contribution is 2.32. The first-order valence-corrected chi connectivity index (χ1v) is 9.08. The maximum Gasteiger partial charge on any atom is 0.351 e. The quantitative estimate of drug-likeness (QED) is 0.781. The fourth-order valence-electron chi connectivity index (χ4n) is 3.50. The summed E-state index contributed by atoms with van der Waals surface area (Å²) < 4.78 is 16.4. The van der Waals surface area contributed by atoms with Crippen molar-refractivity contribution in [3.63, 3.8) is 0 Å². The number of para-hydroxylation sites is 3. The molecule has 2 atom stereocenters. The van der Waals surface area contributed by atoms with Crippen LogP contribution < -0.4 is 14.4 Å². The van der Waals surface area contributed by atoms with Crippen LogP contribution in [0.1, 0.15) is 18.9 Å². The Morgan fingerprint density at radius 3 is 2.70 bits per heavy atom. The Kier molecular flexibility index (Phi) is 4.71. The molecule has 0 aliphatic carbocycles. The van der Waals surface area contributed by atoms with Gasteiger partial charge in [-0.2, -0.15) is 0 Å². The number of nitrogens with zero attached hydrogens (tertiary/aromatic N) is 1. The van der Waals surface area contributed by atoms with Crippen molar-refractivity contribution in [1.82, 2.24) is 0 Å². The number of hydrogen-bond donors (Lipinski definition) is 0. The lowest BCUT2D eigenvalue weighted by Gasteiger charge is -2.35. The van der Waals surface area contributed by atoms with E-state index in [2.05, 4.69) is 0 Å². The van der Waals surface area contributed by atoms with Crippen molar-refractivity contribution < 1.29 is 23.8 Å². The SMILES string of the molecule is CC1CCc2ccccc2N1C(=O)COC(=O)C1COc2ccccc2O1. The summed E-state index contributed by atoms with van der Waals surface area (Å²) in [5.74, 6) is 0.253. The Balaban J connectivity index is 1.39. The third kappa shape index (κ3) is 3.47. The van der Waals surface area contributed by atoms with Gasteiger partial charge in [0.15, 0.2) is 18.1 Å². The molecule has 27 heavy (non-hydrogen) atoms. The zero-order valence-corrected chi connectivity index (χ0v) is 15.1. The highest BCUT2D eigenvalue weighted by atomic mass is 16.6. The summed E-state index contributed by atoms with van der Waals surface area (Å²) >= 11 is 0. The van der Waals surface area contributed by atoms with Crippen LogP contribution in [-0.2, 0) is 20.7 Å². The second kappa shape index (κ2) is 7.31. The van der Waals surface area contributed by atoms with Gasteiger partial charge >= 0.3 is 5.97 Å². The van der Waals surface area contributed by atoms with Gasteiger partial charge < -0.3 is 19.1 Å². The number of carbonyl (C=O) groups excluding carboxylic acids is 2. The molecule has 0 spiro atoms. The summed E-state index contributed by atoms with van der Waals surface area (Å²) in [4.78, 5) is 26.8. The van der Waals surface area contributed by atoms with Crippen molar-refractivity contribution in [2.24, 2.45) is 0 Å². The smallest absolute Gasteiger partial charge is 0.351 e. The average molecular weight is 367 g/mol. The summed E-state index contributed by atoms with van der Waals surface area (Å²) in [7, 11) is 0. The van der Waals surface area contributed by atoms with E-state index < -0.39 is 12.1 Å². The second-order valence-electron chi connectivity index (χ2n) is 6.75. The van der Waals surface area contributed by atoms with Gasteiger partial charge in [0.2, 0.25) is 6.10 Å². The molecule has 0 saturated carbocycles. The first-order valence-electron chi connectivity index (χ1n) is 9.08. The molecule has 2 aromatic carbocycles. The minimum absolute atomic E-state index is 0.0623. The number of rotatable bonds is 3. The lowest BCUT2D eigenvalue weighted by molar-refractivity contribution is -0.157. The molecular weight excluding hydrogens is 346 g/mol. The number of aryl methyl sites for hydroxylation is 1. The van der Waals surface area contributed by atoms with Crippen LogP contribution in [0.15, 0.2) is 48.5 Å². The van der Waals surface area contributed by atoms with Gasteiger partial charge in [0.25, 0.3) is 5.91 Å². The largest absolute Gasteiger partial charge is 0.485 e. The predicted octanol–water partition coefficient (Wildman–Crippen LogP) is 2.74. The topological polar surface area (TPSA) is 65.1 Å². The molecule has 2 aliphatic heterocycles. The van der Waals surface area contributed by atoms with Crippen LogP contribution in [0, 0.1) is 0 Å². The van der Waals surface area contributed by atoms with E-state index in [-0.39, 0.29) is 25.2 Å². The summed E-state index contributed by atoms with van der Waals surface area (Å²) in [6.45, 7) is 1.75. The average Bonchev–Trinajstić information content (AvgIpc) is 2.71. The Morgan fingerprint density at radius 2 is 1.85 bits per heavy atom. The maximum absolute atomic E-state index is 12.7. The zero-order chi connectivity index (χ0) is 18.8. The normalized spacial score (nSPS) is 20.6. The van der Waals surface area contributed by atoms with Crippen molar-refractivity contribution in [2.45, 2.75) is 31.9 Å². The molecule has 2 heterocycles. The lowest BCUT2D eigenvalue weighted by Crippen LogP contribution is -2.45. The maximum atomic E-state index is 12.7. The first-order chi connectivity index (χ1) is 13.1. The van der Waals surface area contributed by atoms with Crippen molar-refractivity contribution in [3.8, 4) is 11.5 Å². The highest BCUT2D eigenvalue weighted by molar-refractivity contribution is 5.97. The number of esters is 1. The molecule has 0 fully saturated rings. The highest BCUT2D eigenvalue weighted by Gasteiger charge is 2.32. The number of ether oxygens (including phenoxy) is 3. The summed E-state index contributed by atoms with van der Waals surface area (Å²) in [5, 5.41) is 0. The number of hydrogen-bond acceptors (Lipinski definition) is 5. The third-order valence-corrected chi connectivity index (χ3v) is 4.90. The van der Waals surface area contributed by atoms with E-state index in [4.69, 9.17) is 14.2 Å². The van der Waals surface area contributed by atoms with E-state index in [1.807, 2.05) is 37.3 Å². The van der Waals surface area contributed by atoms with E-state index in [1.54, 1.807) is 23.1 Å². The van der Waals surface area contributed by atoms with Crippen LogP contribution in [0.3, 0.4) is 0 Å². The third-order valence-electron chi connectivity index (χ3n) is 4.90. The van der Waals surface area contributed by atoms with E-state index in [9.17, 15) is 9.59 Å². The Hall–Kier alpha value is -3.02. The van der Waals surface area contributed by atoms with E-state index in [1.165, 1.54) is 0 Å².